The second kappa shape index (κ2) is 4.06. The molecule has 1 aliphatic heterocycles. The molecule has 0 fully saturated rings. The highest BCUT2D eigenvalue weighted by atomic mass is 16.5. The number of benzene rings is 1. The van der Waals surface area contributed by atoms with Gasteiger partial charge in [-0.1, -0.05) is 24.3 Å². The van der Waals surface area contributed by atoms with Gasteiger partial charge in [-0.3, -0.25) is 0 Å². The lowest BCUT2D eigenvalue weighted by Crippen LogP contribution is -1.91. The Balaban J connectivity index is 2.30. The molecule has 0 saturated carbocycles. The maximum Gasteiger partial charge on any atom is 0.213 e. The van der Waals surface area contributed by atoms with Crippen LogP contribution in [0.5, 0.6) is 5.88 Å². The highest BCUT2D eigenvalue weighted by molar-refractivity contribution is 6.02. The lowest BCUT2D eigenvalue weighted by atomic mass is 10.1. The highest BCUT2D eigenvalue weighted by Crippen LogP contribution is 2.34. The first-order valence-corrected chi connectivity index (χ1v) is 5.79. The van der Waals surface area contributed by atoms with E-state index in [0.717, 1.165) is 0 Å². The summed E-state index contributed by atoms with van der Waals surface area (Å²) < 4.78 is 5.48. The second-order valence-electron chi connectivity index (χ2n) is 3.96. The van der Waals surface area contributed by atoms with E-state index in [4.69, 9.17) is 4.74 Å². The molecular weight excluding hydrogens is 210 g/mol. The summed E-state index contributed by atoms with van der Waals surface area (Å²) in [6.45, 7) is 2.60. The van der Waals surface area contributed by atoms with Crippen LogP contribution in [0.15, 0.2) is 48.7 Å². The molecule has 2 aliphatic rings. The summed E-state index contributed by atoms with van der Waals surface area (Å²) in [5, 5.41) is 2.51. The lowest BCUT2D eigenvalue weighted by Gasteiger charge is -1.98. The first-order valence-electron chi connectivity index (χ1n) is 5.79. The molecule has 0 bridgehead atoms. The van der Waals surface area contributed by atoms with Gasteiger partial charge < -0.3 is 4.74 Å². The van der Waals surface area contributed by atoms with Crippen molar-refractivity contribution in [3.8, 4) is 17.0 Å². The van der Waals surface area contributed by atoms with Crippen molar-refractivity contribution in [3.05, 3.63) is 48.7 Å². The second-order valence-corrected chi connectivity index (χ2v) is 3.96. The predicted octanol–water partition coefficient (Wildman–Crippen LogP) is 3.74. The van der Waals surface area contributed by atoms with E-state index in [1.165, 1.54) is 21.9 Å². The summed E-state index contributed by atoms with van der Waals surface area (Å²) in [5.74, 6) is 0.679. The van der Waals surface area contributed by atoms with Gasteiger partial charge in [0.1, 0.15) is 0 Å². The van der Waals surface area contributed by atoms with E-state index in [-0.39, 0.29) is 0 Å². The normalized spacial score (nSPS) is 10.9. The van der Waals surface area contributed by atoms with Crippen LogP contribution in [0.1, 0.15) is 6.92 Å². The Morgan fingerprint density at radius 3 is 2.88 bits per heavy atom. The molecule has 0 N–H and O–H groups in total. The monoisotopic (exact) mass is 223 g/mol. The van der Waals surface area contributed by atoms with Crippen molar-refractivity contribution in [2.75, 3.05) is 6.61 Å². The molecule has 0 radical (unpaired) electrons. The van der Waals surface area contributed by atoms with E-state index in [1.807, 2.05) is 19.1 Å². The average molecular weight is 223 g/mol. The number of hydrogen-bond donors (Lipinski definition) is 0. The minimum Gasteiger partial charge on any atom is -0.478 e. The van der Waals surface area contributed by atoms with Crippen LogP contribution in [-0.2, 0) is 0 Å². The van der Waals surface area contributed by atoms with E-state index in [2.05, 4.69) is 35.3 Å². The van der Waals surface area contributed by atoms with E-state index in [0.29, 0.717) is 12.5 Å². The first kappa shape index (κ1) is 10.1. The van der Waals surface area contributed by atoms with Gasteiger partial charge in [0.25, 0.3) is 0 Å². The number of aromatic nitrogens is 1. The average Bonchev–Trinajstić information content (AvgIpc) is 2.56. The van der Waals surface area contributed by atoms with Crippen LogP contribution >= 0.6 is 0 Å². The molecule has 17 heavy (non-hydrogen) atoms. The van der Waals surface area contributed by atoms with Gasteiger partial charge in [-0.25, -0.2) is 4.98 Å². The zero-order chi connectivity index (χ0) is 11.7. The summed E-state index contributed by atoms with van der Waals surface area (Å²) >= 11 is 0. The number of rotatable bonds is 2. The van der Waals surface area contributed by atoms with Crippen LogP contribution in [0, 0.1) is 0 Å². The zero-order valence-electron chi connectivity index (χ0n) is 9.68. The molecule has 2 heteroatoms. The SMILES string of the molecule is CCOc1cc2c3ccccc3cc-2ccn1. The van der Waals surface area contributed by atoms with Crippen LogP contribution in [0.25, 0.3) is 21.9 Å². The van der Waals surface area contributed by atoms with Gasteiger partial charge in [0.2, 0.25) is 5.88 Å². The fourth-order valence-corrected chi connectivity index (χ4v) is 2.15. The molecule has 0 spiro atoms. The number of nitrogens with zero attached hydrogens (tertiary/aromatic N) is 1. The van der Waals surface area contributed by atoms with Crippen LogP contribution < -0.4 is 4.74 Å². The summed E-state index contributed by atoms with van der Waals surface area (Å²) in [7, 11) is 0. The maximum atomic E-state index is 5.48. The van der Waals surface area contributed by atoms with E-state index in [1.54, 1.807) is 6.20 Å². The smallest absolute Gasteiger partial charge is 0.213 e. The van der Waals surface area contributed by atoms with Crippen molar-refractivity contribution in [1.82, 2.24) is 4.98 Å². The molecule has 0 atom stereocenters. The Kier molecular flexibility index (Phi) is 2.41. The molecular formula is C15H13NO. The molecule has 0 saturated heterocycles. The van der Waals surface area contributed by atoms with Gasteiger partial charge in [-0.05, 0) is 41.0 Å². The largest absolute Gasteiger partial charge is 0.478 e. The maximum absolute atomic E-state index is 5.48. The molecule has 1 aromatic rings. The zero-order valence-corrected chi connectivity index (χ0v) is 9.68. The summed E-state index contributed by atoms with van der Waals surface area (Å²) in [6.07, 6.45) is 1.80. The van der Waals surface area contributed by atoms with Gasteiger partial charge in [0.05, 0.1) is 6.61 Å². The van der Waals surface area contributed by atoms with Crippen molar-refractivity contribution < 1.29 is 4.74 Å². The topological polar surface area (TPSA) is 22.1 Å². The highest BCUT2D eigenvalue weighted by Gasteiger charge is 2.09. The summed E-state index contributed by atoms with van der Waals surface area (Å²) in [6, 6.07) is 14.6. The van der Waals surface area contributed by atoms with Gasteiger partial charge in [-0.15, -0.1) is 0 Å². The van der Waals surface area contributed by atoms with Crippen molar-refractivity contribution >= 4 is 10.8 Å². The molecule has 1 aliphatic carbocycles. The molecule has 0 amide bonds. The van der Waals surface area contributed by atoms with Crippen molar-refractivity contribution in [2.45, 2.75) is 6.92 Å². The quantitative estimate of drug-likeness (QED) is 0.660. The Morgan fingerprint density at radius 1 is 1.12 bits per heavy atom. The minimum atomic E-state index is 0.636. The molecule has 84 valence electrons. The minimum absolute atomic E-state index is 0.636. The Labute approximate surface area is 100 Å². The fourth-order valence-electron chi connectivity index (χ4n) is 2.15. The molecule has 3 rings (SSSR count). The molecule has 0 aromatic heterocycles. The summed E-state index contributed by atoms with van der Waals surface area (Å²) in [5.41, 5.74) is 2.39. The van der Waals surface area contributed by atoms with Crippen LogP contribution in [0.4, 0.5) is 0 Å². The third kappa shape index (κ3) is 1.72. The Bertz CT molecular complexity index is 633. The van der Waals surface area contributed by atoms with E-state index < -0.39 is 0 Å². The Hall–Kier alpha value is -2.09. The van der Waals surface area contributed by atoms with E-state index in [9.17, 15) is 0 Å². The lowest BCUT2D eigenvalue weighted by molar-refractivity contribution is 0.327. The third-order valence-electron chi connectivity index (χ3n) is 2.89. The van der Waals surface area contributed by atoms with Crippen LogP contribution in [0.3, 0.4) is 0 Å². The standard InChI is InChI=1S/C15H13NO/c1-2-17-15-10-14-12(7-8-16-15)9-11-5-3-4-6-13(11)14/h3-10H,2H2,1H3. The van der Waals surface area contributed by atoms with Crippen LogP contribution in [-0.4, -0.2) is 11.6 Å². The number of hydrogen-bond acceptors (Lipinski definition) is 2. The number of fused-ring (bicyclic) bond motifs is 3. The van der Waals surface area contributed by atoms with Crippen molar-refractivity contribution in [3.63, 3.8) is 0 Å². The van der Waals surface area contributed by atoms with Crippen molar-refractivity contribution in [2.24, 2.45) is 0 Å². The number of ether oxygens (including phenoxy) is 1. The Morgan fingerprint density at radius 2 is 2.00 bits per heavy atom. The first-order chi connectivity index (χ1) is 8.38. The molecule has 1 aromatic carbocycles. The van der Waals surface area contributed by atoms with E-state index >= 15 is 0 Å². The molecule has 0 unspecified atom stereocenters. The van der Waals surface area contributed by atoms with Crippen LogP contribution in [0.2, 0.25) is 0 Å². The fraction of sp³-hybridized carbons (Fsp3) is 0.133. The van der Waals surface area contributed by atoms with Crippen molar-refractivity contribution in [1.29, 1.82) is 0 Å². The predicted molar refractivity (Wildman–Crippen MR) is 69.5 cm³/mol. The van der Waals surface area contributed by atoms with Gasteiger partial charge in [0.15, 0.2) is 0 Å². The molecule has 2 nitrogen and oxygen atoms in total. The third-order valence-corrected chi connectivity index (χ3v) is 2.89. The van der Waals surface area contributed by atoms with Gasteiger partial charge in [-0.2, -0.15) is 0 Å². The molecule has 1 heterocycles. The summed E-state index contributed by atoms with van der Waals surface area (Å²) in [4.78, 5) is 4.27. The van der Waals surface area contributed by atoms with Gasteiger partial charge >= 0.3 is 0 Å². The van der Waals surface area contributed by atoms with Gasteiger partial charge in [0, 0.05) is 12.3 Å².